The molecule has 4 rings (SSSR count). The Morgan fingerprint density at radius 1 is 1.06 bits per heavy atom. The summed E-state index contributed by atoms with van der Waals surface area (Å²) in [6.45, 7) is 3.72. The Balaban J connectivity index is 1.49. The van der Waals surface area contributed by atoms with Gasteiger partial charge in [0, 0.05) is 17.8 Å². The zero-order valence-electron chi connectivity index (χ0n) is 18.4. The highest BCUT2D eigenvalue weighted by Gasteiger charge is 2.48. The molecule has 0 saturated carbocycles. The molecule has 180 valence electrons. The van der Waals surface area contributed by atoms with Crippen molar-refractivity contribution < 1.29 is 27.6 Å². The lowest BCUT2D eigenvalue weighted by Crippen LogP contribution is -2.72. The first-order valence-corrected chi connectivity index (χ1v) is 10.7. The van der Waals surface area contributed by atoms with Gasteiger partial charge in [0.2, 0.25) is 17.7 Å². The monoisotopic (exact) mass is 475 g/mol. The van der Waals surface area contributed by atoms with Crippen LogP contribution < -0.4 is 26.6 Å². The smallest absolute Gasteiger partial charge is 0.353 e. The molecule has 0 aliphatic carbocycles. The van der Waals surface area contributed by atoms with E-state index in [-0.39, 0.29) is 12.1 Å². The summed E-state index contributed by atoms with van der Waals surface area (Å²) in [5, 5.41) is 13.8. The largest absolute Gasteiger partial charge is 0.416 e. The number of halogens is 3. The van der Waals surface area contributed by atoms with E-state index in [0.717, 1.165) is 23.3 Å². The zero-order chi connectivity index (χ0) is 24.6. The summed E-state index contributed by atoms with van der Waals surface area (Å²) in [5.74, 6) is -3.21. The predicted octanol–water partition coefficient (Wildman–Crippen LogP) is 2.45. The van der Waals surface area contributed by atoms with Gasteiger partial charge >= 0.3 is 6.18 Å². The van der Waals surface area contributed by atoms with Crippen LogP contribution in [0, 0.1) is 25.7 Å². The zero-order valence-corrected chi connectivity index (χ0v) is 18.4. The molecule has 2 saturated heterocycles. The molecule has 5 N–H and O–H groups in total. The number of nitrogens with one attached hydrogen (secondary N) is 5. The summed E-state index contributed by atoms with van der Waals surface area (Å²) in [5.41, 5.74) is 1.66. The third-order valence-corrected chi connectivity index (χ3v) is 5.94. The van der Waals surface area contributed by atoms with Crippen LogP contribution in [-0.4, -0.2) is 30.2 Å². The average Bonchev–Trinajstić information content (AvgIpc) is 2.75. The second-order valence-corrected chi connectivity index (χ2v) is 8.52. The number of carbonyl (C=O) groups is 3. The number of amides is 3. The molecule has 2 aliphatic rings. The summed E-state index contributed by atoms with van der Waals surface area (Å²) < 4.78 is 39.0. The summed E-state index contributed by atoms with van der Waals surface area (Å²) >= 11 is 0. The normalized spacial score (nSPS) is 24.5. The van der Waals surface area contributed by atoms with Gasteiger partial charge in [-0.1, -0.05) is 18.2 Å². The van der Waals surface area contributed by atoms with Crippen LogP contribution in [0.4, 0.5) is 24.5 Å². The number of rotatable bonds is 4. The highest BCUT2D eigenvalue weighted by molar-refractivity contribution is 6.00. The van der Waals surface area contributed by atoms with E-state index in [1.807, 2.05) is 32.0 Å². The van der Waals surface area contributed by atoms with Gasteiger partial charge in [-0.15, -0.1) is 0 Å². The number of hydrogen-bond acceptors (Lipinski definition) is 5. The minimum Gasteiger partial charge on any atom is -0.353 e. The highest BCUT2D eigenvalue weighted by Crippen LogP contribution is 2.32. The predicted molar refractivity (Wildman–Crippen MR) is 118 cm³/mol. The van der Waals surface area contributed by atoms with E-state index in [9.17, 15) is 27.6 Å². The summed E-state index contributed by atoms with van der Waals surface area (Å²) in [6.07, 6.45) is -6.52. The van der Waals surface area contributed by atoms with Crippen LogP contribution in [0.25, 0.3) is 0 Å². The molecule has 0 aromatic heterocycles. The summed E-state index contributed by atoms with van der Waals surface area (Å²) in [7, 11) is 0. The SMILES string of the molecule is Cc1ccc(C)c(NC(=O)C2CC(=O)NC3NC(Nc4cccc(C(F)(F)F)c4)NC(=O)C32)c1. The number of piperidine rings is 1. The fraction of sp³-hybridized carbons (Fsp3) is 0.348. The van der Waals surface area contributed by atoms with E-state index < -0.39 is 53.8 Å². The van der Waals surface area contributed by atoms with Gasteiger partial charge in [0.05, 0.1) is 23.6 Å². The van der Waals surface area contributed by atoms with Crippen molar-refractivity contribution in [1.29, 1.82) is 0 Å². The van der Waals surface area contributed by atoms with E-state index in [4.69, 9.17) is 0 Å². The number of aryl methyl sites for hydroxylation is 2. The molecule has 3 amide bonds. The van der Waals surface area contributed by atoms with Crippen molar-refractivity contribution in [3.8, 4) is 0 Å². The minimum absolute atomic E-state index is 0.123. The molecule has 2 aliphatic heterocycles. The summed E-state index contributed by atoms with van der Waals surface area (Å²) in [4.78, 5) is 38.3. The first-order chi connectivity index (χ1) is 16.0. The fourth-order valence-electron chi connectivity index (χ4n) is 4.20. The lowest BCUT2D eigenvalue weighted by molar-refractivity contribution is -0.144. The Bertz CT molecular complexity index is 1140. The molecule has 2 fully saturated rings. The van der Waals surface area contributed by atoms with Crippen LogP contribution in [0.2, 0.25) is 0 Å². The van der Waals surface area contributed by atoms with Crippen molar-refractivity contribution in [2.45, 2.75) is 38.9 Å². The minimum atomic E-state index is -4.51. The van der Waals surface area contributed by atoms with E-state index >= 15 is 0 Å². The van der Waals surface area contributed by atoms with Gasteiger partial charge in [-0.25, -0.2) is 0 Å². The number of carbonyl (C=O) groups excluding carboxylic acids is 3. The van der Waals surface area contributed by atoms with Crippen LogP contribution in [0.3, 0.4) is 0 Å². The second-order valence-electron chi connectivity index (χ2n) is 8.52. The molecule has 0 bridgehead atoms. The van der Waals surface area contributed by atoms with Crippen LogP contribution in [0.15, 0.2) is 42.5 Å². The maximum absolute atomic E-state index is 13.1. The lowest BCUT2D eigenvalue weighted by atomic mass is 9.81. The molecule has 4 unspecified atom stereocenters. The molecule has 2 heterocycles. The van der Waals surface area contributed by atoms with E-state index in [1.54, 1.807) is 0 Å². The molecule has 2 aromatic rings. The van der Waals surface area contributed by atoms with Gasteiger partial charge in [0.1, 0.15) is 0 Å². The maximum atomic E-state index is 13.1. The molecule has 0 radical (unpaired) electrons. The van der Waals surface area contributed by atoms with E-state index in [1.165, 1.54) is 12.1 Å². The third-order valence-electron chi connectivity index (χ3n) is 5.94. The molecule has 11 heteroatoms. The van der Waals surface area contributed by atoms with Gasteiger partial charge in [-0.3, -0.25) is 19.7 Å². The van der Waals surface area contributed by atoms with Crippen molar-refractivity contribution in [3.05, 3.63) is 59.2 Å². The molecule has 4 atom stereocenters. The molecule has 0 spiro atoms. The van der Waals surface area contributed by atoms with Gasteiger partial charge in [0.25, 0.3) is 0 Å². The Kier molecular flexibility index (Phi) is 6.22. The van der Waals surface area contributed by atoms with Crippen molar-refractivity contribution in [2.75, 3.05) is 10.6 Å². The standard InChI is InChI=1S/C23H24F3N5O3/c1-11-6-7-12(2)16(8-11)28-20(33)15-10-17(32)29-19-18(15)21(34)31-22(30-19)27-14-5-3-4-13(9-14)23(24,25)26/h3-9,15,18-19,22,27,30H,10H2,1-2H3,(H,28,33)(H,29,32)(H,31,34). The number of fused-ring (bicyclic) bond motifs is 1. The lowest BCUT2D eigenvalue weighted by Gasteiger charge is -2.43. The first-order valence-electron chi connectivity index (χ1n) is 10.7. The third kappa shape index (κ3) is 4.98. The Morgan fingerprint density at radius 3 is 2.56 bits per heavy atom. The Hall–Kier alpha value is -3.60. The van der Waals surface area contributed by atoms with E-state index in [0.29, 0.717) is 5.69 Å². The van der Waals surface area contributed by atoms with Crippen molar-refractivity contribution in [3.63, 3.8) is 0 Å². The molecule has 34 heavy (non-hydrogen) atoms. The van der Waals surface area contributed by atoms with Crippen LogP contribution in [-0.2, 0) is 20.6 Å². The quantitative estimate of drug-likeness (QED) is 0.467. The summed E-state index contributed by atoms with van der Waals surface area (Å²) in [6, 6.07) is 10.1. The van der Waals surface area contributed by atoms with Crippen molar-refractivity contribution in [1.82, 2.24) is 16.0 Å². The van der Waals surface area contributed by atoms with Gasteiger partial charge in [-0.05, 0) is 49.2 Å². The van der Waals surface area contributed by atoms with Gasteiger partial charge in [0.15, 0.2) is 6.29 Å². The fourth-order valence-corrected chi connectivity index (χ4v) is 4.20. The molecule has 8 nitrogen and oxygen atoms in total. The number of anilines is 2. The number of alkyl halides is 3. The van der Waals surface area contributed by atoms with Gasteiger partial charge < -0.3 is 21.3 Å². The Labute approximate surface area is 193 Å². The topological polar surface area (TPSA) is 111 Å². The first kappa shape index (κ1) is 23.6. The highest BCUT2D eigenvalue weighted by atomic mass is 19.4. The number of hydrogen-bond donors (Lipinski definition) is 5. The number of benzene rings is 2. The molecule has 2 aromatic carbocycles. The molecular formula is C23H24F3N5O3. The van der Waals surface area contributed by atoms with E-state index in [2.05, 4.69) is 26.6 Å². The van der Waals surface area contributed by atoms with Gasteiger partial charge in [-0.2, -0.15) is 13.2 Å². The maximum Gasteiger partial charge on any atom is 0.416 e. The van der Waals surface area contributed by atoms with Crippen LogP contribution >= 0.6 is 0 Å². The Morgan fingerprint density at radius 2 is 1.82 bits per heavy atom. The van der Waals surface area contributed by atoms with Crippen LogP contribution in [0.1, 0.15) is 23.1 Å². The molecular weight excluding hydrogens is 451 g/mol. The average molecular weight is 475 g/mol. The van der Waals surface area contributed by atoms with Crippen LogP contribution in [0.5, 0.6) is 0 Å². The second kappa shape index (κ2) is 8.98. The van der Waals surface area contributed by atoms with Crippen molar-refractivity contribution >= 4 is 29.1 Å². The van der Waals surface area contributed by atoms with Crippen molar-refractivity contribution in [2.24, 2.45) is 11.8 Å².